The number of nitrogens with two attached hydrogens (primary N) is 1. The molecule has 2 aliphatic heterocycles. The van der Waals surface area contributed by atoms with Gasteiger partial charge in [0.05, 0.1) is 16.8 Å². The predicted molar refractivity (Wildman–Crippen MR) is 145 cm³/mol. The van der Waals surface area contributed by atoms with Gasteiger partial charge in [0.1, 0.15) is 5.82 Å². The smallest absolute Gasteiger partial charge is 0.296 e. The van der Waals surface area contributed by atoms with Gasteiger partial charge in [-0.25, -0.2) is 4.39 Å². The normalized spacial score (nSPS) is 18.3. The molecule has 0 saturated carbocycles. The third-order valence-electron chi connectivity index (χ3n) is 7.42. The number of carbonyl (C=O) groups excluding carboxylic acids is 3. The van der Waals surface area contributed by atoms with Crippen molar-refractivity contribution in [1.29, 1.82) is 0 Å². The number of H-pyrrole nitrogens is 1. The molecule has 0 spiro atoms. The summed E-state index contributed by atoms with van der Waals surface area (Å²) in [6, 6.07) is 6.27. The number of hydrogen-bond donors (Lipinski definition) is 3. The average Bonchev–Trinajstić information content (AvgIpc) is 3.27. The van der Waals surface area contributed by atoms with Gasteiger partial charge < -0.3 is 30.7 Å². The summed E-state index contributed by atoms with van der Waals surface area (Å²) in [6.45, 7) is 5.50. The maximum Gasteiger partial charge on any atom is 0.296 e. The second kappa shape index (κ2) is 10.3. The Balaban J connectivity index is 1.57. The lowest BCUT2D eigenvalue weighted by atomic mass is 10.00. The van der Waals surface area contributed by atoms with Gasteiger partial charge in [0, 0.05) is 67.2 Å². The van der Waals surface area contributed by atoms with Gasteiger partial charge in [-0.15, -0.1) is 0 Å². The van der Waals surface area contributed by atoms with Crippen LogP contribution in [0.1, 0.15) is 40.5 Å². The summed E-state index contributed by atoms with van der Waals surface area (Å²) in [6.07, 6.45) is 1.50. The maximum absolute atomic E-state index is 15.7. The summed E-state index contributed by atoms with van der Waals surface area (Å²) in [4.78, 5) is 46.6. The number of primary amides is 1. The van der Waals surface area contributed by atoms with Crippen molar-refractivity contribution in [2.75, 3.05) is 51.2 Å². The SMILES string of the molecule is CC#CC(=O)NC1CCCN(c2c(F)cc(C(N)=O)c3[nH]c4cc(C(=O)N5CCN(C)CC5)ccc4c23)C1. The zero-order valence-electron chi connectivity index (χ0n) is 21.6. The third kappa shape index (κ3) is 4.77. The van der Waals surface area contributed by atoms with Crippen LogP contribution in [-0.2, 0) is 4.79 Å². The number of piperidine rings is 1. The number of nitrogens with zero attached hydrogens (tertiary/aromatic N) is 3. The first-order chi connectivity index (χ1) is 18.3. The van der Waals surface area contributed by atoms with Gasteiger partial charge in [-0.2, -0.15) is 0 Å². The van der Waals surface area contributed by atoms with E-state index in [2.05, 4.69) is 27.0 Å². The molecule has 2 fully saturated rings. The molecule has 2 saturated heterocycles. The number of halogens is 1. The number of nitrogens with one attached hydrogen (secondary N) is 2. The van der Waals surface area contributed by atoms with E-state index in [0.717, 1.165) is 32.0 Å². The van der Waals surface area contributed by atoms with Gasteiger partial charge in [-0.1, -0.05) is 12.0 Å². The van der Waals surface area contributed by atoms with Gasteiger partial charge in [-0.3, -0.25) is 14.4 Å². The number of piperazine rings is 1. The molecule has 2 aromatic carbocycles. The molecule has 4 N–H and O–H groups in total. The van der Waals surface area contributed by atoms with Gasteiger partial charge in [0.15, 0.2) is 0 Å². The molecule has 3 aromatic rings. The Morgan fingerprint density at radius 1 is 1.13 bits per heavy atom. The molecule has 1 unspecified atom stereocenters. The molecule has 1 atom stereocenters. The van der Waals surface area contributed by atoms with Crippen LogP contribution in [0, 0.1) is 17.7 Å². The van der Waals surface area contributed by atoms with Gasteiger partial charge in [0.2, 0.25) is 0 Å². The van der Waals surface area contributed by atoms with Crippen LogP contribution in [-0.4, -0.2) is 84.9 Å². The van der Waals surface area contributed by atoms with Gasteiger partial charge in [-0.05, 0) is 50.9 Å². The van der Waals surface area contributed by atoms with Crippen molar-refractivity contribution in [2.45, 2.75) is 25.8 Å². The standard InChI is InChI=1S/C28H31FN6O3/c1-3-5-23(36)31-18-6-4-9-35(16-18)26-21(29)15-20(27(30)37)25-24(26)19-8-7-17(14-22(19)32-25)28(38)34-12-10-33(2)11-13-34/h7-8,14-15,18,32H,4,6,9-13,16H2,1-2H3,(H2,30,37)(H,31,36). The predicted octanol–water partition coefficient (Wildman–Crippen LogP) is 2.06. The minimum absolute atomic E-state index is 0.0458. The highest BCUT2D eigenvalue weighted by atomic mass is 19.1. The van der Waals surface area contributed by atoms with Crippen LogP contribution in [0.2, 0.25) is 0 Å². The van der Waals surface area contributed by atoms with Crippen LogP contribution < -0.4 is 16.0 Å². The average molecular weight is 519 g/mol. The molecule has 3 heterocycles. The van der Waals surface area contributed by atoms with Crippen molar-refractivity contribution in [3.05, 3.63) is 41.2 Å². The first-order valence-electron chi connectivity index (χ1n) is 12.8. The van der Waals surface area contributed by atoms with Gasteiger partial charge in [0.25, 0.3) is 17.7 Å². The molecule has 1 aromatic heterocycles. The Bertz CT molecular complexity index is 1500. The number of anilines is 1. The van der Waals surface area contributed by atoms with Crippen LogP contribution >= 0.6 is 0 Å². The van der Waals surface area contributed by atoms with E-state index in [1.54, 1.807) is 25.1 Å². The Kier molecular flexibility index (Phi) is 6.95. The van der Waals surface area contributed by atoms with Crippen molar-refractivity contribution >= 4 is 45.2 Å². The Morgan fingerprint density at radius 3 is 2.61 bits per heavy atom. The number of likely N-dealkylation sites (N-methyl/N-ethyl adjacent to an activating group) is 1. The Morgan fingerprint density at radius 2 is 1.89 bits per heavy atom. The molecule has 3 amide bonds. The third-order valence-corrected chi connectivity index (χ3v) is 7.42. The van der Waals surface area contributed by atoms with Crippen LogP contribution in [0.3, 0.4) is 0 Å². The van der Waals surface area contributed by atoms with E-state index in [1.807, 2.05) is 16.8 Å². The van der Waals surface area contributed by atoms with Crippen molar-refractivity contribution in [2.24, 2.45) is 5.73 Å². The monoisotopic (exact) mass is 518 g/mol. The second-order valence-electron chi connectivity index (χ2n) is 9.98. The minimum Gasteiger partial charge on any atom is -0.367 e. The van der Waals surface area contributed by atoms with Crippen molar-refractivity contribution in [1.82, 2.24) is 20.1 Å². The second-order valence-corrected chi connectivity index (χ2v) is 9.98. The fourth-order valence-electron chi connectivity index (χ4n) is 5.49. The number of aromatic amines is 1. The lowest BCUT2D eigenvalue weighted by Gasteiger charge is -2.35. The first-order valence-corrected chi connectivity index (χ1v) is 12.8. The number of aromatic nitrogens is 1. The van der Waals surface area contributed by atoms with Crippen LogP contribution in [0.15, 0.2) is 24.3 Å². The first kappa shape index (κ1) is 25.5. The molecule has 10 heteroatoms. The quantitative estimate of drug-likeness (QED) is 0.458. The van der Waals surface area contributed by atoms with Crippen LogP contribution in [0.25, 0.3) is 21.8 Å². The summed E-state index contributed by atoms with van der Waals surface area (Å²) >= 11 is 0. The highest BCUT2D eigenvalue weighted by Crippen LogP contribution is 2.39. The van der Waals surface area contributed by atoms with E-state index >= 15 is 4.39 Å². The Hall–Kier alpha value is -4.10. The number of rotatable bonds is 4. The van der Waals surface area contributed by atoms with Crippen LogP contribution in [0.4, 0.5) is 10.1 Å². The lowest BCUT2D eigenvalue weighted by Crippen LogP contribution is -2.47. The van der Waals surface area contributed by atoms with E-state index < -0.39 is 11.7 Å². The fourth-order valence-corrected chi connectivity index (χ4v) is 5.49. The summed E-state index contributed by atoms with van der Waals surface area (Å²) in [5.74, 6) is 3.34. The molecule has 38 heavy (non-hydrogen) atoms. The molecular weight excluding hydrogens is 487 g/mol. The van der Waals surface area contributed by atoms with E-state index in [0.29, 0.717) is 59.2 Å². The highest BCUT2D eigenvalue weighted by Gasteiger charge is 2.28. The largest absolute Gasteiger partial charge is 0.367 e. The van der Waals surface area contributed by atoms with E-state index in [1.165, 1.54) is 0 Å². The van der Waals surface area contributed by atoms with E-state index in [4.69, 9.17) is 5.73 Å². The minimum atomic E-state index is -0.748. The van der Waals surface area contributed by atoms with Crippen molar-refractivity contribution in [3.8, 4) is 11.8 Å². The summed E-state index contributed by atoms with van der Waals surface area (Å²) in [7, 11) is 2.03. The molecular formula is C28H31FN6O3. The number of fused-ring (bicyclic) bond motifs is 3. The fraction of sp³-hybridized carbons (Fsp3) is 0.393. The van der Waals surface area contributed by atoms with Gasteiger partial charge >= 0.3 is 0 Å². The summed E-state index contributed by atoms with van der Waals surface area (Å²) < 4.78 is 15.7. The number of hydrogen-bond acceptors (Lipinski definition) is 5. The molecule has 2 aliphatic rings. The number of amides is 3. The summed E-state index contributed by atoms with van der Waals surface area (Å²) in [5.41, 5.74) is 7.58. The Labute approximate surface area is 220 Å². The molecule has 0 radical (unpaired) electrons. The van der Waals surface area contributed by atoms with E-state index in [9.17, 15) is 14.4 Å². The molecule has 198 valence electrons. The van der Waals surface area contributed by atoms with Crippen LogP contribution in [0.5, 0.6) is 0 Å². The number of carbonyl (C=O) groups is 3. The van der Waals surface area contributed by atoms with Crippen molar-refractivity contribution < 1.29 is 18.8 Å². The zero-order valence-corrected chi connectivity index (χ0v) is 21.6. The zero-order chi connectivity index (χ0) is 27.0. The molecule has 0 bridgehead atoms. The maximum atomic E-state index is 15.7. The number of benzene rings is 2. The van der Waals surface area contributed by atoms with E-state index in [-0.39, 0.29) is 23.4 Å². The topological polar surface area (TPSA) is 115 Å². The lowest BCUT2D eigenvalue weighted by molar-refractivity contribution is -0.116. The van der Waals surface area contributed by atoms with Crippen molar-refractivity contribution in [3.63, 3.8) is 0 Å². The molecule has 0 aliphatic carbocycles. The highest BCUT2D eigenvalue weighted by molar-refractivity contribution is 6.20. The molecule has 9 nitrogen and oxygen atoms in total. The molecule has 5 rings (SSSR count). The summed E-state index contributed by atoms with van der Waals surface area (Å²) in [5, 5.41) is 4.12.